The molecule has 1 aliphatic carbocycles. The maximum absolute atomic E-state index is 11.9. The lowest BCUT2D eigenvalue weighted by Gasteiger charge is -2.30. The Hall–Kier alpha value is -1.24. The summed E-state index contributed by atoms with van der Waals surface area (Å²) in [6.45, 7) is 1.25. The molecular formula is C14H13BrN2O3. The van der Waals surface area contributed by atoms with Gasteiger partial charge in [-0.2, -0.15) is 10.0 Å². The molecule has 1 aromatic rings. The molecule has 1 saturated carbocycles. The molecule has 2 fully saturated rings. The van der Waals surface area contributed by atoms with Crippen LogP contribution < -0.4 is 0 Å². The predicted molar refractivity (Wildman–Crippen MR) is 72.8 cm³/mol. The first kappa shape index (κ1) is 12.5. The highest BCUT2D eigenvalue weighted by molar-refractivity contribution is 9.10. The van der Waals surface area contributed by atoms with Gasteiger partial charge in [-0.25, -0.2) is 0 Å². The molecule has 5 nitrogen and oxygen atoms in total. The molecule has 20 heavy (non-hydrogen) atoms. The molecule has 2 aliphatic heterocycles. The molecule has 6 heteroatoms. The minimum Gasteiger partial charge on any atom is -0.272 e. The van der Waals surface area contributed by atoms with Gasteiger partial charge in [0.25, 0.3) is 11.8 Å². The van der Waals surface area contributed by atoms with Crippen LogP contribution in [0.2, 0.25) is 0 Å². The molecule has 0 spiro atoms. The van der Waals surface area contributed by atoms with Gasteiger partial charge in [0.1, 0.15) is 0 Å². The summed E-state index contributed by atoms with van der Waals surface area (Å²) in [5.74, 6) is -0.595. The van der Waals surface area contributed by atoms with E-state index >= 15 is 0 Å². The summed E-state index contributed by atoms with van der Waals surface area (Å²) < 4.78 is 1.10. The van der Waals surface area contributed by atoms with Gasteiger partial charge in [0, 0.05) is 11.0 Å². The van der Waals surface area contributed by atoms with Crippen molar-refractivity contribution >= 4 is 27.7 Å². The van der Waals surface area contributed by atoms with Crippen molar-refractivity contribution in [2.75, 3.05) is 6.54 Å². The van der Waals surface area contributed by atoms with Gasteiger partial charge in [-0.05, 0) is 30.0 Å². The van der Waals surface area contributed by atoms with Crippen LogP contribution in [0.5, 0.6) is 0 Å². The number of benzene rings is 1. The normalized spacial score (nSPS) is 28.6. The summed E-state index contributed by atoms with van der Waals surface area (Å²) in [5, 5.41) is 2.65. The number of carbonyl (C=O) groups excluding carboxylic acids is 2. The molecule has 3 aliphatic rings. The molecule has 0 aromatic heterocycles. The van der Waals surface area contributed by atoms with Crippen molar-refractivity contribution in [3.63, 3.8) is 0 Å². The van der Waals surface area contributed by atoms with Crippen LogP contribution in [0.1, 0.15) is 17.5 Å². The summed E-state index contributed by atoms with van der Waals surface area (Å²) in [6.07, 6.45) is 1.53. The van der Waals surface area contributed by atoms with Crippen molar-refractivity contribution in [1.82, 2.24) is 10.1 Å². The van der Waals surface area contributed by atoms with E-state index in [2.05, 4.69) is 15.9 Å². The first-order valence-corrected chi connectivity index (χ1v) is 7.51. The van der Waals surface area contributed by atoms with Crippen LogP contribution in [0.15, 0.2) is 22.7 Å². The Morgan fingerprint density at radius 1 is 1.20 bits per heavy atom. The van der Waals surface area contributed by atoms with E-state index < -0.39 is 0 Å². The van der Waals surface area contributed by atoms with Gasteiger partial charge in [0.05, 0.1) is 18.4 Å². The van der Waals surface area contributed by atoms with Crippen LogP contribution in [0.4, 0.5) is 0 Å². The summed E-state index contributed by atoms with van der Waals surface area (Å²) in [4.78, 5) is 29.3. The third-order valence-corrected chi connectivity index (χ3v) is 4.94. The van der Waals surface area contributed by atoms with Crippen LogP contribution in [0.3, 0.4) is 0 Å². The molecule has 1 saturated heterocycles. The van der Waals surface area contributed by atoms with E-state index in [9.17, 15) is 9.59 Å². The highest BCUT2D eigenvalue weighted by atomic mass is 79.9. The van der Waals surface area contributed by atoms with Crippen LogP contribution in [0.25, 0.3) is 0 Å². The second kappa shape index (κ2) is 4.38. The van der Waals surface area contributed by atoms with Crippen LogP contribution in [-0.2, 0) is 27.5 Å². The fourth-order valence-electron chi connectivity index (χ4n) is 2.95. The lowest BCUT2D eigenvalue weighted by Crippen LogP contribution is -2.42. The average molecular weight is 337 g/mol. The molecule has 0 bridgehead atoms. The van der Waals surface area contributed by atoms with Gasteiger partial charge in [-0.1, -0.05) is 28.1 Å². The van der Waals surface area contributed by atoms with Crippen LogP contribution in [-0.4, -0.2) is 28.5 Å². The molecule has 0 N–H and O–H groups in total. The minimum atomic E-state index is -0.181. The largest absolute Gasteiger partial charge is 0.272 e. The van der Waals surface area contributed by atoms with Crippen molar-refractivity contribution in [1.29, 1.82) is 0 Å². The van der Waals surface area contributed by atoms with E-state index in [1.165, 1.54) is 5.56 Å². The number of hydrogen-bond donors (Lipinski definition) is 0. The molecule has 104 valence electrons. The number of piperidine rings is 1. The zero-order valence-electron chi connectivity index (χ0n) is 10.7. The Bertz CT molecular complexity index is 598. The third-order valence-electron chi connectivity index (χ3n) is 4.20. The first-order chi connectivity index (χ1) is 9.65. The summed E-state index contributed by atoms with van der Waals surface area (Å²) in [6, 6.07) is 6.05. The average Bonchev–Trinajstić information content (AvgIpc) is 3.19. The minimum absolute atomic E-state index is 0.117. The Labute approximate surface area is 124 Å². The number of nitrogens with zero attached hydrogens (tertiary/aromatic N) is 2. The summed E-state index contributed by atoms with van der Waals surface area (Å²) in [5.41, 5.74) is 2.43. The number of hydroxylamine groups is 4. The van der Waals surface area contributed by atoms with Gasteiger partial charge in [0.15, 0.2) is 0 Å². The highest BCUT2D eigenvalue weighted by Crippen LogP contribution is 2.47. The Kier molecular flexibility index (Phi) is 2.73. The van der Waals surface area contributed by atoms with E-state index in [1.807, 2.05) is 18.2 Å². The van der Waals surface area contributed by atoms with E-state index in [0.29, 0.717) is 19.5 Å². The van der Waals surface area contributed by atoms with Gasteiger partial charge in [0.2, 0.25) is 0 Å². The zero-order chi connectivity index (χ0) is 13.9. The van der Waals surface area contributed by atoms with Gasteiger partial charge < -0.3 is 0 Å². The standard InChI is InChI=1S/C14H13BrN2O3/c15-12-3-1-2-8-7-16(5-4-9(8)12)20-17-13(18)10-6-11(10)14(17)19/h1-3,10-11H,4-7H2. The molecule has 2 unspecified atom stereocenters. The zero-order valence-corrected chi connectivity index (χ0v) is 12.3. The maximum Gasteiger partial charge on any atom is 0.259 e. The summed E-state index contributed by atoms with van der Waals surface area (Å²) >= 11 is 3.54. The maximum atomic E-state index is 11.9. The van der Waals surface area contributed by atoms with Crippen LogP contribution in [0, 0.1) is 11.8 Å². The van der Waals surface area contributed by atoms with E-state index in [-0.39, 0.29) is 23.7 Å². The molecule has 4 rings (SSSR count). The van der Waals surface area contributed by atoms with E-state index in [0.717, 1.165) is 21.5 Å². The van der Waals surface area contributed by atoms with Crippen molar-refractivity contribution in [2.24, 2.45) is 11.8 Å². The first-order valence-electron chi connectivity index (χ1n) is 6.72. The molecule has 2 heterocycles. The predicted octanol–water partition coefficient (Wildman–Crippen LogP) is 1.66. The number of fused-ring (bicyclic) bond motifs is 2. The van der Waals surface area contributed by atoms with Crippen molar-refractivity contribution in [3.8, 4) is 0 Å². The van der Waals surface area contributed by atoms with Gasteiger partial charge in [-0.3, -0.25) is 9.59 Å². The fourth-order valence-corrected chi connectivity index (χ4v) is 3.56. The topological polar surface area (TPSA) is 49.9 Å². The summed E-state index contributed by atoms with van der Waals surface area (Å²) in [7, 11) is 0. The van der Waals surface area contributed by atoms with Crippen molar-refractivity contribution in [2.45, 2.75) is 19.4 Å². The number of rotatable bonds is 2. The molecule has 2 amide bonds. The lowest BCUT2D eigenvalue weighted by atomic mass is 10.0. The second-order valence-electron chi connectivity index (χ2n) is 5.49. The molecule has 0 radical (unpaired) electrons. The fraction of sp³-hybridized carbons (Fsp3) is 0.429. The number of hydrogen-bond acceptors (Lipinski definition) is 4. The highest BCUT2D eigenvalue weighted by Gasteiger charge is 2.60. The quantitative estimate of drug-likeness (QED) is 0.771. The van der Waals surface area contributed by atoms with Gasteiger partial charge >= 0.3 is 0 Å². The van der Waals surface area contributed by atoms with Crippen LogP contribution >= 0.6 is 15.9 Å². The SMILES string of the molecule is O=C1C2CC2C(=O)N1ON1CCc2c(Br)cccc2C1. The van der Waals surface area contributed by atoms with E-state index in [4.69, 9.17) is 4.94 Å². The Morgan fingerprint density at radius 3 is 2.70 bits per heavy atom. The van der Waals surface area contributed by atoms with Crippen molar-refractivity contribution < 1.29 is 14.5 Å². The number of carbonyl (C=O) groups is 2. The number of amides is 2. The molecule has 1 aromatic carbocycles. The molecule has 2 atom stereocenters. The van der Waals surface area contributed by atoms with E-state index in [1.54, 1.807) is 5.06 Å². The Balaban J connectivity index is 1.49. The smallest absolute Gasteiger partial charge is 0.259 e. The second-order valence-corrected chi connectivity index (χ2v) is 6.35. The third kappa shape index (κ3) is 1.82. The monoisotopic (exact) mass is 336 g/mol. The number of halogens is 1. The Morgan fingerprint density at radius 2 is 1.95 bits per heavy atom. The van der Waals surface area contributed by atoms with Crippen molar-refractivity contribution in [3.05, 3.63) is 33.8 Å². The lowest BCUT2D eigenvalue weighted by molar-refractivity contribution is -0.301. The van der Waals surface area contributed by atoms with Gasteiger partial charge in [-0.15, -0.1) is 5.06 Å². The molecular weight excluding hydrogens is 324 g/mol. The number of imide groups is 1.